The van der Waals surface area contributed by atoms with Crippen molar-refractivity contribution in [2.75, 3.05) is 6.54 Å². The van der Waals surface area contributed by atoms with E-state index in [1.807, 2.05) is 0 Å². The first-order valence-corrected chi connectivity index (χ1v) is 6.28. The average molecular weight is 276 g/mol. The predicted octanol–water partition coefficient (Wildman–Crippen LogP) is 1.19. The van der Waals surface area contributed by atoms with Crippen LogP contribution in [0.2, 0.25) is 0 Å². The lowest BCUT2D eigenvalue weighted by atomic mass is 9.87. The molecule has 1 heterocycles. The maximum atomic E-state index is 12.0. The number of benzene rings is 1. The van der Waals surface area contributed by atoms with E-state index in [-0.39, 0.29) is 12.5 Å². The third-order valence-electron chi connectivity index (χ3n) is 3.51. The summed E-state index contributed by atoms with van der Waals surface area (Å²) in [6.07, 6.45) is 0.435. The molecule has 0 saturated carbocycles. The van der Waals surface area contributed by atoms with Crippen LogP contribution in [-0.4, -0.2) is 38.9 Å². The molecule has 0 bridgehead atoms. The number of hydrogen-bond acceptors (Lipinski definition) is 4. The first-order valence-electron chi connectivity index (χ1n) is 6.28. The summed E-state index contributed by atoms with van der Waals surface area (Å²) in [4.78, 5) is 23.2. The number of aromatic nitrogens is 3. The van der Waals surface area contributed by atoms with Gasteiger partial charge in [-0.1, -0.05) is 6.92 Å². The van der Waals surface area contributed by atoms with Gasteiger partial charge in [0.15, 0.2) is 0 Å². The van der Waals surface area contributed by atoms with Crippen LogP contribution in [-0.2, 0) is 4.79 Å². The predicted molar refractivity (Wildman–Crippen MR) is 72.3 cm³/mol. The molecule has 0 spiro atoms. The molecule has 2 aromatic rings. The second kappa shape index (κ2) is 5.28. The average Bonchev–Trinajstić information content (AvgIpc) is 2.91. The number of fused-ring (bicyclic) bond motifs is 1. The molecule has 0 aliphatic rings. The molecule has 1 aromatic carbocycles. The number of carboxylic acids is 1. The Hall–Kier alpha value is -2.44. The minimum absolute atomic E-state index is 0.0779. The molecule has 1 unspecified atom stereocenters. The molecule has 0 radical (unpaired) electrons. The third-order valence-corrected chi connectivity index (χ3v) is 3.51. The first-order chi connectivity index (χ1) is 9.46. The van der Waals surface area contributed by atoms with Crippen LogP contribution >= 0.6 is 0 Å². The number of nitrogens with zero attached hydrogens (tertiary/aromatic N) is 2. The van der Waals surface area contributed by atoms with Gasteiger partial charge in [-0.15, -0.1) is 0 Å². The van der Waals surface area contributed by atoms with Crippen molar-refractivity contribution < 1.29 is 14.7 Å². The van der Waals surface area contributed by atoms with Crippen molar-refractivity contribution >= 4 is 22.9 Å². The highest BCUT2D eigenvalue weighted by molar-refractivity contribution is 5.97. The van der Waals surface area contributed by atoms with Crippen LogP contribution in [0.1, 0.15) is 30.6 Å². The molecule has 0 fully saturated rings. The van der Waals surface area contributed by atoms with Gasteiger partial charge in [0.25, 0.3) is 5.91 Å². The minimum Gasteiger partial charge on any atom is -0.481 e. The Labute approximate surface area is 115 Å². The van der Waals surface area contributed by atoms with Gasteiger partial charge < -0.3 is 10.4 Å². The zero-order chi connectivity index (χ0) is 14.8. The quantitative estimate of drug-likeness (QED) is 0.760. The van der Waals surface area contributed by atoms with E-state index in [4.69, 9.17) is 5.11 Å². The number of amides is 1. The molecule has 3 N–H and O–H groups in total. The standard InChI is InChI=1S/C13H16N4O3/c1-3-13(2,12(19)20)7-14-11(18)8-4-5-9-10(6-8)16-17-15-9/h4-6H,3,7H2,1-2H3,(H,14,18)(H,19,20)(H,15,16,17). The van der Waals surface area contributed by atoms with Crippen molar-refractivity contribution in [2.45, 2.75) is 20.3 Å². The van der Waals surface area contributed by atoms with E-state index in [0.717, 1.165) is 0 Å². The largest absolute Gasteiger partial charge is 0.481 e. The van der Waals surface area contributed by atoms with Gasteiger partial charge in [0.1, 0.15) is 11.0 Å². The summed E-state index contributed by atoms with van der Waals surface area (Å²) in [5, 5.41) is 22.1. The summed E-state index contributed by atoms with van der Waals surface area (Å²) in [6, 6.07) is 4.92. The van der Waals surface area contributed by atoms with E-state index in [9.17, 15) is 9.59 Å². The number of carbonyl (C=O) groups excluding carboxylic acids is 1. The van der Waals surface area contributed by atoms with Gasteiger partial charge in [0.05, 0.1) is 5.41 Å². The summed E-state index contributed by atoms with van der Waals surface area (Å²) < 4.78 is 0. The van der Waals surface area contributed by atoms with Crippen LogP contribution in [0.3, 0.4) is 0 Å². The highest BCUT2D eigenvalue weighted by Crippen LogP contribution is 2.20. The molecule has 0 saturated heterocycles. The van der Waals surface area contributed by atoms with Crippen LogP contribution in [0.4, 0.5) is 0 Å². The SMILES string of the molecule is CCC(C)(CNC(=O)c1ccc2n[nH]nc2c1)C(=O)O. The van der Waals surface area contributed by atoms with Crippen molar-refractivity contribution in [3.8, 4) is 0 Å². The lowest BCUT2D eigenvalue weighted by molar-refractivity contribution is -0.147. The van der Waals surface area contributed by atoms with E-state index >= 15 is 0 Å². The number of rotatable bonds is 5. The third kappa shape index (κ3) is 2.61. The summed E-state index contributed by atoms with van der Waals surface area (Å²) in [5.41, 5.74) is 0.725. The number of H-pyrrole nitrogens is 1. The summed E-state index contributed by atoms with van der Waals surface area (Å²) >= 11 is 0. The lowest BCUT2D eigenvalue weighted by Gasteiger charge is -2.23. The van der Waals surface area contributed by atoms with Gasteiger partial charge in [-0.3, -0.25) is 9.59 Å². The minimum atomic E-state index is -0.965. The van der Waals surface area contributed by atoms with Crippen molar-refractivity contribution in [3.05, 3.63) is 23.8 Å². The summed E-state index contributed by atoms with van der Waals surface area (Å²) in [5.74, 6) is -1.25. The number of carboxylic acid groups (broad SMARTS) is 1. The monoisotopic (exact) mass is 276 g/mol. The zero-order valence-corrected chi connectivity index (χ0v) is 11.3. The Balaban J connectivity index is 2.10. The first kappa shape index (κ1) is 14.0. The maximum Gasteiger partial charge on any atom is 0.311 e. The fourth-order valence-electron chi connectivity index (χ4n) is 1.71. The normalized spacial score (nSPS) is 13.9. The zero-order valence-electron chi connectivity index (χ0n) is 11.3. The number of nitrogens with one attached hydrogen (secondary N) is 2. The number of aliphatic carboxylic acids is 1. The van der Waals surface area contributed by atoms with Gasteiger partial charge in [-0.05, 0) is 31.5 Å². The van der Waals surface area contributed by atoms with Gasteiger partial charge in [-0.2, -0.15) is 15.4 Å². The molecule has 20 heavy (non-hydrogen) atoms. The lowest BCUT2D eigenvalue weighted by Crippen LogP contribution is -2.40. The molecule has 2 rings (SSSR count). The van der Waals surface area contributed by atoms with Gasteiger partial charge in [0, 0.05) is 12.1 Å². The van der Waals surface area contributed by atoms with Gasteiger partial charge in [0.2, 0.25) is 0 Å². The molecular formula is C13H16N4O3. The van der Waals surface area contributed by atoms with E-state index in [1.54, 1.807) is 32.0 Å². The van der Waals surface area contributed by atoms with E-state index in [2.05, 4.69) is 20.7 Å². The molecule has 7 nitrogen and oxygen atoms in total. The van der Waals surface area contributed by atoms with Crippen molar-refractivity contribution in [1.29, 1.82) is 0 Å². The molecular weight excluding hydrogens is 260 g/mol. The van der Waals surface area contributed by atoms with Crippen molar-refractivity contribution in [3.63, 3.8) is 0 Å². The molecule has 1 atom stereocenters. The van der Waals surface area contributed by atoms with Crippen LogP contribution in [0.5, 0.6) is 0 Å². The molecule has 0 aliphatic heterocycles. The Morgan fingerprint density at radius 1 is 1.35 bits per heavy atom. The fourth-order valence-corrected chi connectivity index (χ4v) is 1.71. The van der Waals surface area contributed by atoms with Crippen molar-refractivity contribution in [2.24, 2.45) is 5.41 Å². The van der Waals surface area contributed by atoms with Crippen LogP contribution < -0.4 is 5.32 Å². The van der Waals surface area contributed by atoms with Gasteiger partial charge >= 0.3 is 5.97 Å². The van der Waals surface area contributed by atoms with E-state index < -0.39 is 11.4 Å². The Morgan fingerprint density at radius 3 is 2.70 bits per heavy atom. The molecule has 0 aliphatic carbocycles. The maximum absolute atomic E-state index is 12.0. The summed E-state index contributed by atoms with van der Waals surface area (Å²) in [7, 11) is 0. The Morgan fingerprint density at radius 2 is 2.05 bits per heavy atom. The topological polar surface area (TPSA) is 108 Å². The summed E-state index contributed by atoms with van der Waals surface area (Å²) in [6.45, 7) is 3.46. The number of aromatic amines is 1. The number of carbonyl (C=O) groups is 2. The highest BCUT2D eigenvalue weighted by atomic mass is 16.4. The van der Waals surface area contributed by atoms with Crippen LogP contribution in [0.25, 0.3) is 11.0 Å². The van der Waals surface area contributed by atoms with Crippen molar-refractivity contribution in [1.82, 2.24) is 20.7 Å². The molecule has 1 amide bonds. The molecule has 1 aromatic heterocycles. The van der Waals surface area contributed by atoms with Crippen LogP contribution in [0, 0.1) is 5.41 Å². The van der Waals surface area contributed by atoms with E-state index in [1.165, 1.54) is 0 Å². The van der Waals surface area contributed by atoms with Gasteiger partial charge in [-0.25, -0.2) is 0 Å². The Kier molecular flexibility index (Phi) is 3.69. The molecule has 7 heteroatoms. The molecule has 106 valence electrons. The smallest absolute Gasteiger partial charge is 0.311 e. The Bertz CT molecular complexity index is 652. The second-order valence-corrected chi connectivity index (χ2v) is 4.93. The second-order valence-electron chi connectivity index (χ2n) is 4.93. The highest BCUT2D eigenvalue weighted by Gasteiger charge is 2.31. The van der Waals surface area contributed by atoms with Crippen LogP contribution in [0.15, 0.2) is 18.2 Å². The fraction of sp³-hybridized carbons (Fsp3) is 0.385. The number of hydrogen-bond donors (Lipinski definition) is 3. The van der Waals surface area contributed by atoms with E-state index in [0.29, 0.717) is 23.0 Å².